The van der Waals surface area contributed by atoms with Crippen molar-refractivity contribution in [3.63, 3.8) is 0 Å². The molecule has 0 aliphatic carbocycles. The van der Waals surface area contributed by atoms with Crippen molar-refractivity contribution >= 4 is 11.4 Å². The first-order chi connectivity index (χ1) is 9.79. The van der Waals surface area contributed by atoms with Gasteiger partial charge in [-0.1, -0.05) is 12.5 Å². The number of ether oxygens (including phenoxy) is 1. The standard InChI is InChI=1S/C16H25N3O/c1-2-20-15-8-5-7-14(16(15)17)19-11-10-18-9-4-3-6-13(18)12-19/h5,7-8,13H,2-4,6,9-12,17H2,1H3. The molecule has 1 unspecified atom stereocenters. The second-order valence-electron chi connectivity index (χ2n) is 5.75. The van der Waals surface area contributed by atoms with E-state index in [1.54, 1.807) is 0 Å². The summed E-state index contributed by atoms with van der Waals surface area (Å²) in [6.45, 7) is 7.24. The summed E-state index contributed by atoms with van der Waals surface area (Å²) >= 11 is 0. The van der Waals surface area contributed by atoms with Crippen LogP contribution in [0.2, 0.25) is 0 Å². The van der Waals surface area contributed by atoms with Gasteiger partial charge in [-0.15, -0.1) is 0 Å². The largest absolute Gasteiger partial charge is 0.492 e. The summed E-state index contributed by atoms with van der Waals surface area (Å²) in [5.74, 6) is 0.816. The Kier molecular flexibility index (Phi) is 4.01. The Bertz CT molecular complexity index is 463. The number of rotatable bonds is 3. The minimum absolute atomic E-state index is 0.657. The molecule has 0 amide bonds. The smallest absolute Gasteiger partial charge is 0.144 e. The monoisotopic (exact) mass is 275 g/mol. The van der Waals surface area contributed by atoms with Gasteiger partial charge < -0.3 is 15.4 Å². The van der Waals surface area contributed by atoms with Gasteiger partial charge in [0, 0.05) is 25.7 Å². The van der Waals surface area contributed by atoms with E-state index >= 15 is 0 Å². The molecule has 2 aliphatic rings. The minimum atomic E-state index is 0.657. The third kappa shape index (κ3) is 2.57. The van der Waals surface area contributed by atoms with E-state index < -0.39 is 0 Å². The van der Waals surface area contributed by atoms with Crippen LogP contribution in [0.5, 0.6) is 5.75 Å². The third-order valence-electron chi connectivity index (χ3n) is 4.52. The summed E-state index contributed by atoms with van der Waals surface area (Å²) < 4.78 is 5.61. The molecule has 0 aromatic heterocycles. The second kappa shape index (κ2) is 5.92. The summed E-state index contributed by atoms with van der Waals surface area (Å²) in [7, 11) is 0. The summed E-state index contributed by atoms with van der Waals surface area (Å²) in [6, 6.07) is 6.83. The molecule has 110 valence electrons. The van der Waals surface area contributed by atoms with Crippen LogP contribution in [0.1, 0.15) is 26.2 Å². The molecule has 1 atom stereocenters. The minimum Gasteiger partial charge on any atom is -0.492 e. The Labute approximate surface area is 121 Å². The molecule has 4 heteroatoms. The molecule has 0 bridgehead atoms. The molecule has 3 rings (SSSR count). The SMILES string of the molecule is CCOc1cccc(N2CCN3CCCCC3C2)c1N. The van der Waals surface area contributed by atoms with Crippen LogP contribution in [-0.4, -0.2) is 43.7 Å². The number of hydrogen-bond donors (Lipinski definition) is 1. The van der Waals surface area contributed by atoms with Gasteiger partial charge in [0.2, 0.25) is 0 Å². The highest BCUT2D eigenvalue weighted by Crippen LogP contribution is 2.34. The average molecular weight is 275 g/mol. The van der Waals surface area contributed by atoms with Crippen molar-refractivity contribution in [3.8, 4) is 5.75 Å². The average Bonchev–Trinajstić information content (AvgIpc) is 2.49. The van der Waals surface area contributed by atoms with Crippen LogP contribution in [0.4, 0.5) is 11.4 Å². The third-order valence-corrected chi connectivity index (χ3v) is 4.52. The Morgan fingerprint density at radius 3 is 3.00 bits per heavy atom. The van der Waals surface area contributed by atoms with E-state index in [0.29, 0.717) is 12.6 Å². The number of nitrogens with zero attached hydrogens (tertiary/aromatic N) is 2. The first-order valence-electron chi connectivity index (χ1n) is 7.80. The van der Waals surface area contributed by atoms with E-state index in [-0.39, 0.29) is 0 Å². The normalized spacial score (nSPS) is 23.4. The van der Waals surface area contributed by atoms with Crippen LogP contribution < -0.4 is 15.4 Å². The van der Waals surface area contributed by atoms with Gasteiger partial charge in [0.25, 0.3) is 0 Å². The number of piperidine rings is 1. The topological polar surface area (TPSA) is 41.7 Å². The zero-order valence-electron chi connectivity index (χ0n) is 12.3. The summed E-state index contributed by atoms with van der Waals surface area (Å²) in [6.07, 6.45) is 4.05. The molecule has 1 aromatic rings. The predicted molar refractivity (Wildman–Crippen MR) is 83.4 cm³/mol. The van der Waals surface area contributed by atoms with Crippen molar-refractivity contribution in [2.75, 3.05) is 43.4 Å². The van der Waals surface area contributed by atoms with Crippen LogP contribution in [0.3, 0.4) is 0 Å². The summed E-state index contributed by atoms with van der Waals surface area (Å²) in [4.78, 5) is 5.08. The lowest BCUT2D eigenvalue weighted by atomic mass is 9.99. The van der Waals surface area contributed by atoms with Crippen molar-refractivity contribution in [2.24, 2.45) is 0 Å². The first kappa shape index (κ1) is 13.6. The van der Waals surface area contributed by atoms with Gasteiger partial charge in [-0.2, -0.15) is 0 Å². The van der Waals surface area contributed by atoms with E-state index in [0.717, 1.165) is 36.8 Å². The maximum absolute atomic E-state index is 6.29. The van der Waals surface area contributed by atoms with E-state index in [1.165, 1.54) is 25.8 Å². The quantitative estimate of drug-likeness (QED) is 0.860. The Balaban J connectivity index is 1.77. The molecule has 1 aromatic carbocycles. The summed E-state index contributed by atoms with van der Waals surface area (Å²) in [5, 5.41) is 0. The number of para-hydroxylation sites is 1. The van der Waals surface area contributed by atoms with E-state index in [9.17, 15) is 0 Å². The van der Waals surface area contributed by atoms with Gasteiger partial charge in [-0.3, -0.25) is 4.90 Å². The number of nitrogen functional groups attached to an aromatic ring is 1. The van der Waals surface area contributed by atoms with Crippen LogP contribution in [0.25, 0.3) is 0 Å². The van der Waals surface area contributed by atoms with Crippen molar-refractivity contribution in [3.05, 3.63) is 18.2 Å². The molecule has 0 spiro atoms. The van der Waals surface area contributed by atoms with Gasteiger partial charge >= 0.3 is 0 Å². The van der Waals surface area contributed by atoms with Crippen molar-refractivity contribution in [2.45, 2.75) is 32.2 Å². The maximum atomic E-state index is 6.29. The molecular formula is C16H25N3O. The second-order valence-corrected chi connectivity index (χ2v) is 5.75. The van der Waals surface area contributed by atoms with Crippen LogP contribution >= 0.6 is 0 Å². The molecule has 2 saturated heterocycles. The van der Waals surface area contributed by atoms with Gasteiger partial charge in [0.1, 0.15) is 5.75 Å². The van der Waals surface area contributed by atoms with Crippen molar-refractivity contribution in [1.29, 1.82) is 0 Å². The molecule has 2 aliphatic heterocycles. The lowest BCUT2D eigenvalue weighted by Crippen LogP contribution is -2.55. The van der Waals surface area contributed by atoms with Gasteiger partial charge in [-0.05, 0) is 38.4 Å². The Morgan fingerprint density at radius 2 is 2.15 bits per heavy atom. The Morgan fingerprint density at radius 1 is 1.25 bits per heavy atom. The molecule has 2 N–H and O–H groups in total. The lowest BCUT2D eigenvalue weighted by molar-refractivity contribution is 0.133. The number of anilines is 2. The lowest BCUT2D eigenvalue weighted by Gasteiger charge is -2.45. The maximum Gasteiger partial charge on any atom is 0.144 e. The zero-order chi connectivity index (χ0) is 13.9. The van der Waals surface area contributed by atoms with Crippen molar-refractivity contribution < 1.29 is 4.74 Å². The molecule has 2 heterocycles. The van der Waals surface area contributed by atoms with E-state index in [1.807, 2.05) is 19.1 Å². The van der Waals surface area contributed by atoms with Gasteiger partial charge in [-0.25, -0.2) is 0 Å². The molecule has 2 fully saturated rings. The highest BCUT2D eigenvalue weighted by atomic mass is 16.5. The fraction of sp³-hybridized carbons (Fsp3) is 0.625. The summed E-state index contributed by atoms with van der Waals surface area (Å²) in [5.41, 5.74) is 8.22. The van der Waals surface area contributed by atoms with Crippen LogP contribution in [0, 0.1) is 0 Å². The highest BCUT2D eigenvalue weighted by molar-refractivity contribution is 5.74. The number of fused-ring (bicyclic) bond motifs is 1. The van der Waals surface area contributed by atoms with Gasteiger partial charge in [0.05, 0.1) is 18.0 Å². The molecule has 0 saturated carbocycles. The first-order valence-corrected chi connectivity index (χ1v) is 7.80. The van der Waals surface area contributed by atoms with Crippen LogP contribution in [0.15, 0.2) is 18.2 Å². The van der Waals surface area contributed by atoms with E-state index in [4.69, 9.17) is 10.5 Å². The van der Waals surface area contributed by atoms with Crippen LogP contribution in [-0.2, 0) is 0 Å². The number of hydrogen-bond acceptors (Lipinski definition) is 4. The molecule has 0 radical (unpaired) electrons. The molecule has 4 nitrogen and oxygen atoms in total. The van der Waals surface area contributed by atoms with Gasteiger partial charge in [0.15, 0.2) is 0 Å². The Hall–Kier alpha value is -1.42. The highest BCUT2D eigenvalue weighted by Gasteiger charge is 2.29. The fourth-order valence-corrected chi connectivity index (χ4v) is 3.46. The fourth-order valence-electron chi connectivity index (χ4n) is 3.46. The number of nitrogens with two attached hydrogens (primary N) is 1. The van der Waals surface area contributed by atoms with Crippen molar-refractivity contribution in [1.82, 2.24) is 4.90 Å². The van der Waals surface area contributed by atoms with E-state index in [2.05, 4.69) is 15.9 Å². The molecular weight excluding hydrogens is 250 g/mol. The molecule has 20 heavy (non-hydrogen) atoms. The number of benzene rings is 1. The predicted octanol–water partition coefficient (Wildman–Crippen LogP) is 2.34. The number of piperazine rings is 1. The zero-order valence-corrected chi connectivity index (χ0v) is 12.3.